The van der Waals surface area contributed by atoms with Crippen LogP contribution in [0.1, 0.15) is 0 Å². The third-order valence-corrected chi connectivity index (χ3v) is 2.52. The molecule has 0 bridgehead atoms. The molecule has 1 amide bonds. The minimum absolute atomic E-state index is 0.396. The van der Waals surface area contributed by atoms with Gasteiger partial charge in [-0.3, -0.25) is 9.52 Å². The van der Waals surface area contributed by atoms with Crippen molar-refractivity contribution in [2.24, 2.45) is 0 Å². The van der Waals surface area contributed by atoms with Crippen molar-refractivity contribution in [3.63, 3.8) is 0 Å². The number of nitrogens with one attached hydrogen (secondary N) is 2. The largest absolute Gasteiger partial charge is 0.356 e. The molecular formula is C5H9ClN2O3S. The van der Waals surface area contributed by atoms with E-state index < -0.39 is 21.1 Å². The van der Waals surface area contributed by atoms with Crippen molar-refractivity contribution in [3.05, 3.63) is 12.3 Å². The highest BCUT2D eigenvalue weighted by Gasteiger charge is 2.02. The highest BCUT2D eigenvalue weighted by molar-refractivity contribution is 7.90. The molecule has 0 aromatic carbocycles. The number of halogens is 1. The van der Waals surface area contributed by atoms with Gasteiger partial charge in [-0.15, -0.1) is 11.6 Å². The van der Waals surface area contributed by atoms with Gasteiger partial charge in [0.25, 0.3) is 0 Å². The van der Waals surface area contributed by atoms with Crippen LogP contribution < -0.4 is 10.0 Å². The van der Waals surface area contributed by atoms with Gasteiger partial charge in [-0.05, 0) is 0 Å². The maximum Gasteiger partial charge on any atom is 0.246 e. The van der Waals surface area contributed by atoms with Gasteiger partial charge in [0, 0.05) is 19.3 Å². The first-order valence-corrected chi connectivity index (χ1v) is 5.14. The normalized spacial score (nSPS) is 11.5. The lowest BCUT2D eigenvalue weighted by Crippen LogP contribution is -2.20. The fourth-order valence-electron chi connectivity index (χ4n) is 0.328. The smallest absolute Gasteiger partial charge is 0.246 e. The van der Waals surface area contributed by atoms with E-state index in [9.17, 15) is 13.2 Å². The fourth-order valence-corrected chi connectivity index (χ4v) is 0.856. The molecule has 0 rings (SSSR count). The molecule has 0 aliphatic rings. The highest BCUT2D eigenvalue weighted by Crippen LogP contribution is 1.86. The first-order valence-electron chi connectivity index (χ1n) is 2.96. The third-order valence-electron chi connectivity index (χ3n) is 0.872. The van der Waals surface area contributed by atoms with Crippen molar-refractivity contribution in [2.75, 3.05) is 12.3 Å². The van der Waals surface area contributed by atoms with Gasteiger partial charge in [-0.25, -0.2) is 8.42 Å². The van der Waals surface area contributed by atoms with Crippen molar-refractivity contribution in [3.8, 4) is 0 Å². The molecule has 0 aliphatic carbocycles. The standard InChI is InChI=1S/C5H9ClN2O3S/c1-7-5(9)2-3-8-12(10,11)4-6/h2-3,8H,4H2,1H3,(H,7,9)/b3-2+. The third kappa shape index (κ3) is 4.97. The van der Waals surface area contributed by atoms with E-state index in [0.29, 0.717) is 0 Å². The Bertz CT molecular complexity index is 272. The van der Waals surface area contributed by atoms with Crippen LogP contribution >= 0.6 is 11.6 Å². The summed E-state index contributed by atoms with van der Waals surface area (Å²) < 4.78 is 23.3. The van der Waals surface area contributed by atoms with Crippen LogP contribution in [0.3, 0.4) is 0 Å². The maximum absolute atomic E-state index is 10.6. The van der Waals surface area contributed by atoms with Gasteiger partial charge in [0.15, 0.2) is 0 Å². The van der Waals surface area contributed by atoms with Gasteiger partial charge in [-0.2, -0.15) is 0 Å². The molecule has 0 spiro atoms. The van der Waals surface area contributed by atoms with E-state index in [-0.39, 0.29) is 0 Å². The molecule has 0 aromatic heterocycles. The van der Waals surface area contributed by atoms with Gasteiger partial charge in [-0.1, -0.05) is 0 Å². The molecule has 0 saturated heterocycles. The monoisotopic (exact) mass is 212 g/mol. The zero-order valence-electron chi connectivity index (χ0n) is 6.37. The Labute approximate surface area is 75.8 Å². The van der Waals surface area contributed by atoms with Gasteiger partial charge in [0.1, 0.15) is 5.21 Å². The van der Waals surface area contributed by atoms with Crippen LogP contribution in [-0.2, 0) is 14.8 Å². The van der Waals surface area contributed by atoms with Crippen molar-refractivity contribution < 1.29 is 13.2 Å². The van der Waals surface area contributed by atoms with Gasteiger partial charge in [0.2, 0.25) is 15.9 Å². The predicted molar refractivity (Wildman–Crippen MR) is 46.0 cm³/mol. The summed E-state index contributed by atoms with van der Waals surface area (Å²) in [5.74, 6) is -0.396. The molecule has 0 fully saturated rings. The van der Waals surface area contributed by atoms with E-state index in [2.05, 4.69) is 5.32 Å². The predicted octanol–water partition coefficient (Wildman–Crippen LogP) is -0.638. The summed E-state index contributed by atoms with van der Waals surface area (Å²) in [6.07, 6.45) is 2.06. The second-order valence-electron chi connectivity index (χ2n) is 1.79. The summed E-state index contributed by atoms with van der Waals surface area (Å²) in [6, 6.07) is 0. The molecular weight excluding hydrogens is 204 g/mol. The first-order chi connectivity index (χ1) is 5.52. The summed E-state index contributed by atoms with van der Waals surface area (Å²) >= 11 is 5.06. The molecule has 0 heterocycles. The maximum atomic E-state index is 10.6. The van der Waals surface area contributed by atoms with E-state index in [1.54, 1.807) is 0 Å². The van der Waals surface area contributed by atoms with Gasteiger partial charge < -0.3 is 5.32 Å². The Morgan fingerprint density at radius 3 is 2.58 bits per heavy atom. The van der Waals surface area contributed by atoms with Crippen LogP contribution in [0, 0.1) is 0 Å². The number of carbonyl (C=O) groups is 1. The average molecular weight is 213 g/mol. The van der Waals surface area contributed by atoms with Crippen molar-refractivity contribution in [1.82, 2.24) is 10.0 Å². The summed E-state index contributed by atoms with van der Waals surface area (Å²) in [4.78, 5) is 10.5. The van der Waals surface area contributed by atoms with E-state index in [4.69, 9.17) is 11.6 Å². The SMILES string of the molecule is CNC(=O)/C=C/NS(=O)(=O)CCl. The molecule has 0 atom stereocenters. The highest BCUT2D eigenvalue weighted by atomic mass is 35.5. The van der Waals surface area contributed by atoms with Crippen LogP contribution in [0.25, 0.3) is 0 Å². The van der Waals surface area contributed by atoms with Crippen LogP contribution in [0.4, 0.5) is 0 Å². The minimum Gasteiger partial charge on any atom is -0.356 e. The van der Waals surface area contributed by atoms with Crippen molar-refractivity contribution in [1.29, 1.82) is 0 Å². The van der Waals surface area contributed by atoms with Crippen LogP contribution in [0.15, 0.2) is 12.3 Å². The summed E-state index contributed by atoms with van der Waals surface area (Å²) in [5.41, 5.74) is 0. The van der Waals surface area contributed by atoms with E-state index in [1.165, 1.54) is 7.05 Å². The molecule has 0 unspecified atom stereocenters. The van der Waals surface area contributed by atoms with Crippen LogP contribution in [0.2, 0.25) is 0 Å². The van der Waals surface area contributed by atoms with E-state index in [0.717, 1.165) is 12.3 Å². The molecule has 2 N–H and O–H groups in total. The molecule has 70 valence electrons. The van der Waals surface area contributed by atoms with Gasteiger partial charge >= 0.3 is 0 Å². The second kappa shape index (κ2) is 5.00. The summed E-state index contributed by atoms with van der Waals surface area (Å²) in [7, 11) is -2.04. The molecule has 0 radical (unpaired) electrons. The topological polar surface area (TPSA) is 75.3 Å². The number of sulfonamides is 1. The molecule has 5 nitrogen and oxygen atoms in total. The number of hydrogen-bond acceptors (Lipinski definition) is 3. The fraction of sp³-hybridized carbons (Fsp3) is 0.400. The number of likely N-dealkylation sites (N-methyl/N-ethyl adjacent to an activating group) is 1. The lowest BCUT2D eigenvalue weighted by Gasteiger charge is -1.96. The Kier molecular flexibility index (Phi) is 4.68. The van der Waals surface area contributed by atoms with Crippen LogP contribution in [-0.4, -0.2) is 26.6 Å². The van der Waals surface area contributed by atoms with Crippen LogP contribution in [0.5, 0.6) is 0 Å². The van der Waals surface area contributed by atoms with Crippen molar-refractivity contribution >= 4 is 27.5 Å². The number of hydrogen-bond donors (Lipinski definition) is 2. The Morgan fingerprint density at radius 1 is 1.58 bits per heavy atom. The van der Waals surface area contributed by atoms with E-state index in [1.807, 2.05) is 4.72 Å². The lowest BCUT2D eigenvalue weighted by molar-refractivity contribution is -0.116. The van der Waals surface area contributed by atoms with E-state index >= 15 is 0 Å². The Balaban J connectivity index is 3.99. The Hall–Kier alpha value is -0.750. The second-order valence-corrected chi connectivity index (χ2v) is 4.13. The summed E-state index contributed by atoms with van der Waals surface area (Å²) in [5, 5.41) is 1.74. The molecule has 0 aliphatic heterocycles. The Morgan fingerprint density at radius 2 is 2.17 bits per heavy atom. The van der Waals surface area contributed by atoms with Crippen molar-refractivity contribution in [2.45, 2.75) is 0 Å². The molecule has 0 saturated carbocycles. The molecule has 7 heteroatoms. The lowest BCUT2D eigenvalue weighted by atomic mass is 10.6. The minimum atomic E-state index is -3.47. The molecule has 12 heavy (non-hydrogen) atoms. The number of amides is 1. The zero-order chi connectivity index (χ0) is 9.61. The number of alkyl halides is 1. The number of rotatable bonds is 4. The quantitative estimate of drug-likeness (QED) is 0.481. The first kappa shape index (κ1) is 11.2. The number of carbonyl (C=O) groups excluding carboxylic acids is 1. The summed E-state index contributed by atoms with van der Waals surface area (Å²) in [6.45, 7) is 0. The molecule has 0 aromatic rings. The average Bonchev–Trinajstić information content (AvgIpc) is 2.04. The van der Waals surface area contributed by atoms with Gasteiger partial charge in [0.05, 0.1) is 0 Å². The zero-order valence-corrected chi connectivity index (χ0v) is 7.95.